The highest BCUT2D eigenvalue weighted by atomic mass is 19.3. The zero-order valence-corrected chi connectivity index (χ0v) is 14.5. The van der Waals surface area contributed by atoms with Crippen LogP contribution in [0.2, 0.25) is 0 Å². The summed E-state index contributed by atoms with van der Waals surface area (Å²) in [7, 11) is 1.49. The molecule has 0 fully saturated rings. The number of ketones is 1. The third-order valence-corrected chi connectivity index (χ3v) is 3.66. The number of carbonyl (C=O) groups is 2. The zero-order valence-electron chi connectivity index (χ0n) is 14.5. The van der Waals surface area contributed by atoms with E-state index < -0.39 is 24.5 Å². The van der Waals surface area contributed by atoms with Crippen molar-refractivity contribution in [3.63, 3.8) is 0 Å². The lowest BCUT2D eigenvalue weighted by atomic mass is 10.1. The maximum Gasteiger partial charge on any atom is 0.387 e. The van der Waals surface area contributed by atoms with Crippen molar-refractivity contribution in [2.75, 3.05) is 7.11 Å². The fraction of sp³-hybridized carbons (Fsp3) is 0.263. The van der Waals surface area contributed by atoms with Gasteiger partial charge in [0, 0.05) is 5.56 Å². The second-order valence-electron chi connectivity index (χ2n) is 5.50. The maximum atomic E-state index is 12.3. The molecular weight excluding hydrogens is 346 g/mol. The van der Waals surface area contributed by atoms with Crippen LogP contribution in [0.15, 0.2) is 42.5 Å². The highest BCUT2D eigenvalue weighted by molar-refractivity contribution is 6.01. The average Bonchev–Trinajstić information content (AvgIpc) is 2.61. The van der Waals surface area contributed by atoms with Crippen LogP contribution in [0.5, 0.6) is 11.5 Å². The summed E-state index contributed by atoms with van der Waals surface area (Å²) in [4.78, 5) is 24.5. The van der Waals surface area contributed by atoms with E-state index in [4.69, 9.17) is 9.47 Å². The van der Waals surface area contributed by atoms with Crippen LogP contribution in [0, 0.1) is 6.92 Å². The summed E-state index contributed by atoms with van der Waals surface area (Å²) in [5, 5.41) is 0. The molecule has 0 unspecified atom stereocenters. The van der Waals surface area contributed by atoms with Gasteiger partial charge in [-0.15, -0.1) is 0 Å². The van der Waals surface area contributed by atoms with Crippen LogP contribution in [0.3, 0.4) is 0 Å². The first-order chi connectivity index (χ1) is 12.3. The van der Waals surface area contributed by atoms with Crippen molar-refractivity contribution in [1.29, 1.82) is 0 Å². The Kier molecular flexibility index (Phi) is 6.27. The minimum Gasteiger partial charge on any atom is -0.496 e. The van der Waals surface area contributed by atoms with Gasteiger partial charge in [-0.05, 0) is 55.8 Å². The number of hydrogen-bond donors (Lipinski definition) is 0. The number of ether oxygens (including phenoxy) is 3. The molecular formula is C19H18F2O5. The van der Waals surface area contributed by atoms with Gasteiger partial charge in [0.2, 0.25) is 5.78 Å². The van der Waals surface area contributed by atoms with Crippen LogP contribution < -0.4 is 9.47 Å². The summed E-state index contributed by atoms with van der Waals surface area (Å²) in [5.74, 6) is -0.649. The third-order valence-electron chi connectivity index (χ3n) is 3.66. The summed E-state index contributed by atoms with van der Waals surface area (Å²) >= 11 is 0. The Morgan fingerprint density at radius 1 is 1.00 bits per heavy atom. The zero-order chi connectivity index (χ0) is 19.3. The van der Waals surface area contributed by atoms with Gasteiger partial charge in [-0.1, -0.05) is 6.07 Å². The van der Waals surface area contributed by atoms with Crippen LogP contribution in [0.1, 0.15) is 33.2 Å². The monoisotopic (exact) mass is 364 g/mol. The lowest BCUT2D eigenvalue weighted by molar-refractivity contribution is -0.0498. The first kappa shape index (κ1) is 19.4. The van der Waals surface area contributed by atoms with Crippen molar-refractivity contribution in [3.05, 3.63) is 59.2 Å². The molecule has 138 valence electrons. The third kappa shape index (κ3) is 4.78. The number of aryl methyl sites for hydroxylation is 1. The smallest absolute Gasteiger partial charge is 0.387 e. The molecule has 0 N–H and O–H groups in total. The van der Waals surface area contributed by atoms with Gasteiger partial charge in [0.25, 0.3) is 0 Å². The summed E-state index contributed by atoms with van der Waals surface area (Å²) < 4.78 is 38.8. The van der Waals surface area contributed by atoms with Crippen molar-refractivity contribution in [2.24, 2.45) is 0 Å². The predicted octanol–water partition coefficient (Wildman–Crippen LogP) is 4.03. The number of hydrogen-bond acceptors (Lipinski definition) is 5. The lowest BCUT2D eigenvalue weighted by Crippen LogP contribution is -2.24. The van der Waals surface area contributed by atoms with Crippen LogP contribution in [-0.2, 0) is 4.74 Å². The van der Waals surface area contributed by atoms with Crippen molar-refractivity contribution in [3.8, 4) is 11.5 Å². The Bertz CT molecular complexity index is 787. The molecule has 0 heterocycles. The molecule has 0 aliphatic rings. The topological polar surface area (TPSA) is 61.8 Å². The molecule has 0 saturated carbocycles. The first-order valence-electron chi connectivity index (χ1n) is 7.76. The van der Waals surface area contributed by atoms with E-state index in [1.165, 1.54) is 44.4 Å². The van der Waals surface area contributed by atoms with Crippen LogP contribution in [0.25, 0.3) is 0 Å². The van der Waals surface area contributed by atoms with E-state index in [0.717, 1.165) is 5.56 Å². The summed E-state index contributed by atoms with van der Waals surface area (Å²) in [6, 6.07) is 9.99. The minimum atomic E-state index is -2.94. The van der Waals surface area contributed by atoms with E-state index in [9.17, 15) is 18.4 Å². The molecule has 26 heavy (non-hydrogen) atoms. The molecule has 2 rings (SSSR count). The molecule has 7 heteroatoms. The van der Waals surface area contributed by atoms with Gasteiger partial charge >= 0.3 is 12.6 Å². The largest absolute Gasteiger partial charge is 0.496 e. The van der Waals surface area contributed by atoms with Crippen LogP contribution in [-0.4, -0.2) is 31.6 Å². The average molecular weight is 364 g/mol. The Labute approximate surface area is 149 Å². The van der Waals surface area contributed by atoms with Gasteiger partial charge in [0.15, 0.2) is 6.10 Å². The van der Waals surface area contributed by atoms with Crippen molar-refractivity contribution in [2.45, 2.75) is 26.6 Å². The molecule has 2 aromatic carbocycles. The number of methoxy groups -OCH3 is 1. The molecule has 0 aromatic heterocycles. The first-order valence-corrected chi connectivity index (χ1v) is 7.76. The highest BCUT2D eigenvalue weighted by Gasteiger charge is 2.21. The standard InChI is InChI=1S/C19H18F2O5/c1-11-4-5-14(10-16(11)24-3)18(23)25-12(2)17(22)13-6-8-15(9-7-13)26-19(20)21/h4-10,12,19H,1-3H3/t12-/m1/s1. The van der Waals surface area contributed by atoms with E-state index >= 15 is 0 Å². The van der Waals surface area contributed by atoms with Gasteiger partial charge in [-0.2, -0.15) is 8.78 Å². The molecule has 0 bridgehead atoms. The number of carbonyl (C=O) groups excluding carboxylic acids is 2. The molecule has 0 aliphatic heterocycles. The van der Waals surface area contributed by atoms with Crippen molar-refractivity contribution in [1.82, 2.24) is 0 Å². The number of esters is 1. The fourth-order valence-corrected chi connectivity index (χ4v) is 2.26. The van der Waals surface area contributed by atoms with Gasteiger partial charge in [0.05, 0.1) is 12.7 Å². The number of alkyl halides is 2. The second-order valence-corrected chi connectivity index (χ2v) is 5.50. The number of halogens is 2. The van der Waals surface area contributed by atoms with Crippen molar-refractivity contribution >= 4 is 11.8 Å². The second kappa shape index (κ2) is 8.42. The molecule has 0 amide bonds. The van der Waals surface area contributed by atoms with E-state index in [1.807, 2.05) is 6.92 Å². The maximum absolute atomic E-state index is 12.3. The molecule has 0 saturated heterocycles. The molecule has 0 aliphatic carbocycles. The Hall–Kier alpha value is -2.96. The number of benzene rings is 2. The SMILES string of the molecule is COc1cc(C(=O)O[C@H](C)C(=O)c2ccc(OC(F)F)cc2)ccc1C. The summed E-state index contributed by atoms with van der Waals surface area (Å²) in [6.07, 6.45) is -1.04. The number of rotatable bonds is 7. The minimum absolute atomic E-state index is 0.0621. The normalized spacial score (nSPS) is 11.8. The summed E-state index contributed by atoms with van der Waals surface area (Å²) in [6.45, 7) is 0.333. The Balaban J connectivity index is 2.05. The molecule has 0 radical (unpaired) electrons. The number of Topliss-reactive ketones (excluding diaryl/α,β-unsaturated/α-hetero) is 1. The molecule has 2 aromatic rings. The summed E-state index contributed by atoms with van der Waals surface area (Å²) in [5.41, 5.74) is 1.33. The molecule has 1 atom stereocenters. The van der Waals surface area contributed by atoms with E-state index in [2.05, 4.69) is 4.74 Å². The Morgan fingerprint density at radius 3 is 2.19 bits per heavy atom. The fourth-order valence-electron chi connectivity index (χ4n) is 2.26. The van der Waals surface area contributed by atoms with Gasteiger partial charge < -0.3 is 14.2 Å². The highest BCUT2D eigenvalue weighted by Crippen LogP contribution is 2.21. The van der Waals surface area contributed by atoms with E-state index in [1.54, 1.807) is 12.1 Å². The van der Waals surface area contributed by atoms with Crippen LogP contribution >= 0.6 is 0 Å². The van der Waals surface area contributed by atoms with Gasteiger partial charge in [0.1, 0.15) is 11.5 Å². The lowest BCUT2D eigenvalue weighted by Gasteiger charge is -2.14. The molecule has 0 spiro atoms. The van der Waals surface area contributed by atoms with Crippen molar-refractivity contribution < 1.29 is 32.6 Å². The van der Waals surface area contributed by atoms with Gasteiger partial charge in [-0.3, -0.25) is 4.79 Å². The van der Waals surface area contributed by atoms with Crippen LogP contribution in [0.4, 0.5) is 8.78 Å². The van der Waals surface area contributed by atoms with Gasteiger partial charge in [-0.25, -0.2) is 4.79 Å². The Morgan fingerprint density at radius 2 is 1.62 bits per heavy atom. The molecule has 5 nitrogen and oxygen atoms in total. The predicted molar refractivity (Wildman–Crippen MR) is 90.0 cm³/mol. The quantitative estimate of drug-likeness (QED) is 0.548. The van der Waals surface area contributed by atoms with E-state index in [-0.39, 0.29) is 16.9 Å². The van der Waals surface area contributed by atoms with E-state index in [0.29, 0.717) is 5.75 Å².